The van der Waals surface area contributed by atoms with E-state index in [0.29, 0.717) is 30.3 Å². The van der Waals surface area contributed by atoms with Gasteiger partial charge in [-0.2, -0.15) is 18.3 Å². The molecule has 0 spiro atoms. The standard InChI is InChI=1S/C31H28ClF4N5/c1-4-18-7-6-8-19(5-2)28(18)41-29(21-10-9-17(3)27-26(21)23(32)15-37-27)22-16-40(12-11-25(22)39-41)30-24(33)13-20(14-38-30)31(34,35)36/h6-10,13-15,37H,4-5,11-12,16H2,1-3H3. The Balaban J connectivity index is 1.59. The first-order chi connectivity index (χ1) is 19.6. The summed E-state index contributed by atoms with van der Waals surface area (Å²) in [6.45, 7) is 6.81. The molecule has 0 amide bonds. The number of para-hydroxylation sites is 1. The Morgan fingerprint density at radius 1 is 1.07 bits per heavy atom. The number of H-pyrrole nitrogens is 1. The second-order valence-corrected chi connectivity index (χ2v) is 10.7. The summed E-state index contributed by atoms with van der Waals surface area (Å²) in [6, 6.07) is 10.8. The minimum atomic E-state index is -4.67. The molecule has 1 aliphatic heterocycles. The number of nitrogens with zero attached hydrogens (tertiary/aromatic N) is 4. The normalized spacial score (nSPS) is 13.7. The van der Waals surface area contributed by atoms with E-state index in [9.17, 15) is 13.2 Å². The lowest BCUT2D eigenvalue weighted by molar-refractivity contribution is -0.138. The van der Waals surface area contributed by atoms with Gasteiger partial charge >= 0.3 is 6.18 Å². The van der Waals surface area contributed by atoms with Gasteiger partial charge in [0.05, 0.1) is 33.2 Å². The van der Waals surface area contributed by atoms with Gasteiger partial charge in [0.1, 0.15) is 0 Å². The van der Waals surface area contributed by atoms with Crippen molar-refractivity contribution < 1.29 is 17.6 Å². The molecule has 10 heteroatoms. The smallest absolute Gasteiger partial charge is 0.360 e. The SMILES string of the molecule is CCc1cccc(CC)c1-n1nc2c(c1-c1ccc(C)c3[nH]cc(Cl)c13)CN(c1ncc(C(F)(F)F)cc1F)CC2. The van der Waals surface area contributed by atoms with Crippen molar-refractivity contribution in [3.8, 4) is 16.9 Å². The maximum atomic E-state index is 15.0. The van der Waals surface area contributed by atoms with Gasteiger partial charge < -0.3 is 9.88 Å². The van der Waals surface area contributed by atoms with Gasteiger partial charge in [-0.05, 0) is 42.5 Å². The summed E-state index contributed by atoms with van der Waals surface area (Å²) < 4.78 is 56.6. The molecule has 0 bridgehead atoms. The number of nitrogens with one attached hydrogen (secondary N) is 1. The third-order valence-electron chi connectivity index (χ3n) is 7.91. The molecule has 2 aromatic carbocycles. The van der Waals surface area contributed by atoms with E-state index in [4.69, 9.17) is 16.7 Å². The largest absolute Gasteiger partial charge is 0.417 e. The summed E-state index contributed by atoms with van der Waals surface area (Å²) in [5.41, 5.74) is 7.56. The first-order valence-corrected chi connectivity index (χ1v) is 14.0. The topological polar surface area (TPSA) is 49.7 Å². The lowest BCUT2D eigenvalue weighted by Crippen LogP contribution is -2.32. The zero-order valence-corrected chi connectivity index (χ0v) is 23.6. The van der Waals surface area contributed by atoms with Crippen LogP contribution in [0.4, 0.5) is 23.4 Å². The van der Waals surface area contributed by atoms with Gasteiger partial charge in [-0.3, -0.25) is 0 Å². The van der Waals surface area contributed by atoms with Gasteiger partial charge in [-0.15, -0.1) is 0 Å². The summed E-state index contributed by atoms with van der Waals surface area (Å²) >= 11 is 6.74. The number of pyridine rings is 1. The molecule has 212 valence electrons. The Kier molecular flexibility index (Phi) is 6.80. The molecule has 0 unspecified atom stereocenters. The average molecular weight is 582 g/mol. The lowest BCUT2D eigenvalue weighted by Gasteiger charge is -2.28. The fraction of sp³-hybridized carbons (Fsp3) is 0.290. The number of aryl methyl sites for hydroxylation is 3. The lowest BCUT2D eigenvalue weighted by atomic mass is 9.96. The number of hydrogen-bond acceptors (Lipinski definition) is 3. The fourth-order valence-corrected chi connectivity index (χ4v) is 6.09. The zero-order valence-electron chi connectivity index (χ0n) is 22.8. The molecule has 1 aliphatic rings. The van der Waals surface area contributed by atoms with Crippen LogP contribution in [0.5, 0.6) is 0 Å². The highest BCUT2D eigenvalue weighted by Crippen LogP contribution is 2.42. The van der Waals surface area contributed by atoms with E-state index in [0.717, 1.165) is 68.6 Å². The van der Waals surface area contributed by atoms with Crippen molar-refractivity contribution in [1.29, 1.82) is 0 Å². The van der Waals surface area contributed by atoms with Crippen LogP contribution in [0, 0.1) is 12.7 Å². The Hall–Kier alpha value is -3.85. The van der Waals surface area contributed by atoms with Gasteiger partial charge in [0.15, 0.2) is 11.6 Å². The van der Waals surface area contributed by atoms with Crippen molar-refractivity contribution in [2.24, 2.45) is 0 Å². The van der Waals surface area contributed by atoms with Crippen molar-refractivity contribution in [3.63, 3.8) is 0 Å². The summed E-state index contributed by atoms with van der Waals surface area (Å²) in [5.74, 6) is -1.12. The van der Waals surface area contributed by atoms with Crippen LogP contribution in [0.25, 0.3) is 27.8 Å². The van der Waals surface area contributed by atoms with Crippen LogP contribution >= 0.6 is 11.6 Å². The number of hydrogen-bond donors (Lipinski definition) is 1. The van der Waals surface area contributed by atoms with Crippen molar-refractivity contribution in [1.82, 2.24) is 19.7 Å². The van der Waals surface area contributed by atoms with Gasteiger partial charge in [0, 0.05) is 48.4 Å². The summed E-state index contributed by atoms with van der Waals surface area (Å²) in [7, 11) is 0. The third-order valence-corrected chi connectivity index (χ3v) is 8.21. The molecule has 0 saturated heterocycles. The Labute approximate surface area is 239 Å². The molecule has 5 nitrogen and oxygen atoms in total. The first kappa shape index (κ1) is 27.3. The van der Waals surface area contributed by atoms with Crippen LogP contribution < -0.4 is 4.90 Å². The zero-order chi connectivity index (χ0) is 29.1. The van der Waals surface area contributed by atoms with Gasteiger partial charge in [-0.25, -0.2) is 14.1 Å². The average Bonchev–Trinajstić information content (AvgIpc) is 3.53. The van der Waals surface area contributed by atoms with Crippen LogP contribution in [0.1, 0.15) is 47.4 Å². The second-order valence-electron chi connectivity index (χ2n) is 10.3. The maximum Gasteiger partial charge on any atom is 0.417 e. The van der Waals surface area contributed by atoms with Gasteiger partial charge in [-0.1, -0.05) is 55.8 Å². The first-order valence-electron chi connectivity index (χ1n) is 13.6. The fourth-order valence-electron chi connectivity index (χ4n) is 5.84. The molecule has 0 radical (unpaired) electrons. The highest BCUT2D eigenvalue weighted by atomic mass is 35.5. The number of anilines is 1. The molecule has 0 saturated carbocycles. The molecule has 4 heterocycles. The van der Waals surface area contributed by atoms with Gasteiger partial charge in [0.25, 0.3) is 0 Å². The molecule has 3 aromatic heterocycles. The number of aromatic nitrogens is 4. The maximum absolute atomic E-state index is 15.0. The van der Waals surface area contributed by atoms with E-state index < -0.39 is 17.6 Å². The number of aromatic amines is 1. The molecule has 0 fully saturated rings. The van der Waals surface area contributed by atoms with Gasteiger partial charge in [0.2, 0.25) is 0 Å². The molecular weight excluding hydrogens is 554 g/mol. The Morgan fingerprint density at radius 3 is 2.46 bits per heavy atom. The summed E-state index contributed by atoms with van der Waals surface area (Å²) in [5, 5.41) is 6.56. The van der Waals surface area contributed by atoms with E-state index in [1.807, 2.05) is 23.7 Å². The minimum absolute atomic E-state index is 0.112. The highest BCUT2D eigenvalue weighted by Gasteiger charge is 2.34. The number of halogens is 5. The highest BCUT2D eigenvalue weighted by molar-refractivity contribution is 6.36. The predicted molar refractivity (Wildman–Crippen MR) is 153 cm³/mol. The van der Waals surface area contributed by atoms with E-state index in [2.05, 4.69) is 42.0 Å². The second kappa shape index (κ2) is 10.2. The molecule has 1 N–H and O–H groups in total. The van der Waals surface area contributed by atoms with Crippen LogP contribution in [-0.4, -0.2) is 26.3 Å². The number of rotatable bonds is 5. The molecule has 0 aliphatic carbocycles. The Morgan fingerprint density at radius 2 is 1.80 bits per heavy atom. The van der Waals surface area contributed by atoms with Crippen molar-refractivity contribution in [2.75, 3.05) is 11.4 Å². The van der Waals surface area contributed by atoms with E-state index in [1.165, 1.54) is 0 Å². The van der Waals surface area contributed by atoms with E-state index >= 15 is 4.39 Å². The van der Waals surface area contributed by atoms with Crippen LogP contribution in [0.3, 0.4) is 0 Å². The molecule has 5 aromatic rings. The number of alkyl halides is 3. The molecule has 0 atom stereocenters. The predicted octanol–water partition coefficient (Wildman–Crippen LogP) is 8.22. The third kappa shape index (κ3) is 4.56. The number of fused-ring (bicyclic) bond motifs is 2. The number of benzene rings is 2. The van der Waals surface area contributed by atoms with Crippen LogP contribution in [0.15, 0.2) is 48.8 Å². The van der Waals surface area contributed by atoms with Crippen molar-refractivity contribution >= 4 is 28.3 Å². The summed E-state index contributed by atoms with van der Waals surface area (Å²) in [4.78, 5) is 8.87. The monoisotopic (exact) mass is 581 g/mol. The van der Waals surface area contributed by atoms with Crippen LogP contribution in [-0.2, 0) is 32.0 Å². The van der Waals surface area contributed by atoms with E-state index in [-0.39, 0.29) is 12.4 Å². The minimum Gasteiger partial charge on any atom is -0.360 e. The Bertz CT molecular complexity index is 1760. The molecular formula is C31H28ClF4N5. The van der Waals surface area contributed by atoms with E-state index in [1.54, 1.807) is 11.1 Å². The molecule has 6 rings (SSSR count). The summed E-state index contributed by atoms with van der Waals surface area (Å²) in [6.07, 6.45) is -0.148. The quantitative estimate of drug-likeness (QED) is 0.213. The van der Waals surface area contributed by atoms with Crippen molar-refractivity contribution in [3.05, 3.63) is 93.1 Å². The van der Waals surface area contributed by atoms with Crippen molar-refractivity contribution in [2.45, 2.75) is 52.8 Å². The molecule has 41 heavy (non-hydrogen) atoms. The van der Waals surface area contributed by atoms with Crippen LogP contribution in [0.2, 0.25) is 5.02 Å².